The van der Waals surface area contributed by atoms with Crippen LogP contribution in [-0.2, 0) is 6.42 Å². The van der Waals surface area contributed by atoms with Gasteiger partial charge in [-0.2, -0.15) is 5.26 Å². The lowest BCUT2D eigenvalue weighted by molar-refractivity contribution is 0.0899. The number of ketones is 1. The minimum absolute atomic E-state index is 0.0382. The summed E-state index contributed by atoms with van der Waals surface area (Å²) in [6.07, 6.45) is -5.30. The van der Waals surface area contributed by atoms with Crippen molar-refractivity contribution in [2.75, 3.05) is 0 Å². The molecule has 2 aromatic carbocycles. The van der Waals surface area contributed by atoms with Crippen LogP contribution in [0.25, 0.3) is 0 Å². The van der Waals surface area contributed by atoms with E-state index in [-0.39, 0.29) is 28.2 Å². The van der Waals surface area contributed by atoms with E-state index in [1.165, 1.54) is 12.1 Å². The summed E-state index contributed by atoms with van der Waals surface area (Å²) in [5.74, 6) is -2.05. The van der Waals surface area contributed by atoms with E-state index in [0.29, 0.717) is 0 Å². The molecule has 3 rings (SSSR count). The first-order valence-electron chi connectivity index (χ1n) is 6.91. The molecule has 0 aromatic heterocycles. The van der Waals surface area contributed by atoms with Crippen molar-refractivity contribution in [3.63, 3.8) is 0 Å². The van der Waals surface area contributed by atoms with Crippen LogP contribution >= 0.6 is 0 Å². The molecule has 122 valence electrons. The number of alkyl halides is 3. The van der Waals surface area contributed by atoms with Gasteiger partial charge in [0.1, 0.15) is 17.3 Å². The van der Waals surface area contributed by atoms with Gasteiger partial charge in [0.2, 0.25) is 0 Å². The molecule has 0 saturated heterocycles. The van der Waals surface area contributed by atoms with Crippen molar-refractivity contribution in [1.82, 2.24) is 0 Å². The van der Waals surface area contributed by atoms with Crippen molar-refractivity contribution in [2.45, 2.75) is 19.0 Å². The number of rotatable bonds is 3. The van der Waals surface area contributed by atoms with E-state index in [9.17, 15) is 22.4 Å². The van der Waals surface area contributed by atoms with E-state index in [0.717, 1.165) is 18.2 Å². The van der Waals surface area contributed by atoms with E-state index >= 15 is 0 Å². The number of carbonyl (C=O) groups excluding carboxylic acids is 1. The Morgan fingerprint density at radius 1 is 1.25 bits per heavy atom. The minimum atomic E-state index is -3.00. The van der Waals surface area contributed by atoms with E-state index in [1.807, 2.05) is 0 Å². The standard InChI is InChI=1S/C17H9F4NO2/c18-9-3-8(7-22)4-10(5-9)24-14-2-1-11-12(15(14)17(20)21)6-13(19)16(11)23/h1-5,13,17H,6H2. The highest BCUT2D eigenvalue weighted by molar-refractivity contribution is 6.04. The van der Waals surface area contributed by atoms with E-state index in [1.54, 1.807) is 6.07 Å². The molecule has 1 aliphatic rings. The first-order chi connectivity index (χ1) is 11.4. The van der Waals surface area contributed by atoms with Crippen molar-refractivity contribution < 1.29 is 27.1 Å². The van der Waals surface area contributed by atoms with Crippen LogP contribution in [0.5, 0.6) is 11.5 Å². The lowest BCUT2D eigenvalue weighted by atomic mass is 10.0. The molecule has 0 N–H and O–H groups in total. The van der Waals surface area contributed by atoms with Crippen molar-refractivity contribution in [1.29, 1.82) is 5.26 Å². The first kappa shape index (κ1) is 16.0. The summed E-state index contributed by atoms with van der Waals surface area (Å²) in [6, 6.07) is 7.15. The Morgan fingerprint density at radius 2 is 2.00 bits per heavy atom. The van der Waals surface area contributed by atoms with Gasteiger partial charge < -0.3 is 4.74 Å². The van der Waals surface area contributed by atoms with Crippen molar-refractivity contribution >= 4 is 5.78 Å². The van der Waals surface area contributed by atoms with Crippen LogP contribution in [0.4, 0.5) is 17.6 Å². The molecule has 24 heavy (non-hydrogen) atoms. The number of fused-ring (bicyclic) bond motifs is 1. The van der Waals surface area contributed by atoms with Crippen LogP contribution in [0.1, 0.15) is 33.5 Å². The summed E-state index contributed by atoms with van der Waals surface area (Å²) in [6.45, 7) is 0. The van der Waals surface area contributed by atoms with Crippen molar-refractivity contribution in [3.05, 3.63) is 58.4 Å². The van der Waals surface area contributed by atoms with Crippen molar-refractivity contribution in [3.8, 4) is 17.6 Å². The molecule has 0 fully saturated rings. The van der Waals surface area contributed by atoms with Gasteiger partial charge in [-0.25, -0.2) is 17.6 Å². The predicted molar refractivity (Wildman–Crippen MR) is 75.5 cm³/mol. The normalized spacial score (nSPS) is 16.2. The number of nitriles is 1. The zero-order chi connectivity index (χ0) is 17.4. The van der Waals surface area contributed by atoms with Crippen LogP contribution in [-0.4, -0.2) is 12.0 Å². The number of hydrogen-bond acceptors (Lipinski definition) is 3. The van der Waals surface area contributed by atoms with Gasteiger partial charge in [0.05, 0.1) is 17.2 Å². The molecule has 7 heteroatoms. The molecule has 0 saturated carbocycles. The lowest BCUT2D eigenvalue weighted by Crippen LogP contribution is -2.07. The summed E-state index contributed by atoms with van der Waals surface area (Å²) in [4.78, 5) is 11.6. The molecule has 0 amide bonds. The van der Waals surface area contributed by atoms with Crippen LogP contribution < -0.4 is 4.74 Å². The van der Waals surface area contributed by atoms with Gasteiger partial charge in [-0.05, 0) is 29.8 Å². The second-order valence-electron chi connectivity index (χ2n) is 5.23. The van der Waals surface area contributed by atoms with Crippen LogP contribution in [0, 0.1) is 17.1 Å². The van der Waals surface area contributed by atoms with Crippen LogP contribution in [0.2, 0.25) is 0 Å². The number of Topliss-reactive ketones (excluding diaryl/α,β-unsaturated/α-hetero) is 1. The number of carbonyl (C=O) groups is 1. The second-order valence-corrected chi connectivity index (χ2v) is 5.23. The topological polar surface area (TPSA) is 50.1 Å². The van der Waals surface area contributed by atoms with Crippen LogP contribution in [0.15, 0.2) is 30.3 Å². The van der Waals surface area contributed by atoms with E-state index in [2.05, 4.69) is 0 Å². The lowest BCUT2D eigenvalue weighted by Gasteiger charge is -2.14. The van der Waals surface area contributed by atoms with Gasteiger partial charge >= 0.3 is 0 Å². The van der Waals surface area contributed by atoms with Crippen LogP contribution in [0.3, 0.4) is 0 Å². The van der Waals surface area contributed by atoms with E-state index in [4.69, 9.17) is 10.00 Å². The molecule has 0 bridgehead atoms. The molecule has 0 aliphatic heterocycles. The molecule has 2 aromatic rings. The largest absolute Gasteiger partial charge is 0.457 e. The fourth-order valence-electron chi connectivity index (χ4n) is 2.68. The number of halogens is 4. The molecular formula is C17H9F4NO2. The molecule has 1 atom stereocenters. The van der Waals surface area contributed by atoms with Gasteiger partial charge in [0.15, 0.2) is 12.0 Å². The third kappa shape index (κ3) is 2.71. The number of hydrogen-bond donors (Lipinski definition) is 0. The predicted octanol–water partition coefficient (Wildman–Crippen LogP) is 4.50. The van der Waals surface area contributed by atoms with Gasteiger partial charge in [-0.15, -0.1) is 0 Å². The third-order valence-electron chi connectivity index (χ3n) is 3.70. The summed E-state index contributed by atoms with van der Waals surface area (Å²) < 4.78 is 59.1. The fourth-order valence-corrected chi connectivity index (χ4v) is 2.68. The molecule has 1 unspecified atom stereocenters. The Morgan fingerprint density at radius 3 is 2.67 bits per heavy atom. The highest BCUT2D eigenvalue weighted by atomic mass is 19.3. The highest BCUT2D eigenvalue weighted by Crippen LogP contribution is 2.40. The maximum atomic E-state index is 13.5. The zero-order valence-electron chi connectivity index (χ0n) is 12.0. The average molecular weight is 335 g/mol. The smallest absolute Gasteiger partial charge is 0.267 e. The molecule has 0 radical (unpaired) electrons. The first-order valence-corrected chi connectivity index (χ1v) is 6.91. The summed E-state index contributed by atoms with van der Waals surface area (Å²) in [7, 11) is 0. The number of nitrogens with zero attached hydrogens (tertiary/aromatic N) is 1. The molecule has 0 spiro atoms. The third-order valence-corrected chi connectivity index (χ3v) is 3.70. The monoisotopic (exact) mass is 335 g/mol. The summed E-state index contributed by atoms with van der Waals surface area (Å²) >= 11 is 0. The summed E-state index contributed by atoms with van der Waals surface area (Å²) in [5.41, 5.74) is -0.827. The molecule has 0 heterocycles. The second kappa shape index (κ2) is 5.96. The Bertz CT molecular complexity index is 874. The van der Waals surface area contributed by atoms with Gasteiger partial charge in [0.25, 0.3) is 6.43 Å². The fraction of sp³-hybridized carbons (Fsp3) is 0.176. The Hall–Kier alpha value is -2.88. The number of benzene rings is 2. The maximum Gasteiger partial charge on any atom is 0.267 e. The highest BCUT2D eigenvalue weighted by Gasteiger charge is 2.35. The van der Waals surface area contributed by atoms with Gasteiger partial charge in [-0.1, -0.05) is 0 Å². The molecular weight excluding hydrogens is 326 g/mol. The maximum absolute atomic E-state index is 13.5. The quantitative estimate of drug-likeness (QED) is 0.776. The average Bonchev–Trinajstić information content (AvgIpc) is 2.81. The SMILES string of the molecule is N#Cc1cc(F)cc(Oc2ccc3c(c2C(F)F)CC(F)C3=O)c1. The Labute approximate surface area is 134 Å². The van der Waals surface area contributed by atoms with Crippen molar-refractivity contribution in [2.24, 2.45) is 0 Å². The van der Waals surface area contributed by atoms with Gasteiger partial charge in [-0.3, -0.25) is 4.79 Å². The van der Waals surface area contributed by atoms with E-state index < -0.39 is 36.2 Å². The Kier molecular flexibility index (Phi) is 3.97. The summed E-state index contributed by atoms with van der Waals surface area (Å²) in [5, 5.41) is 8.81. The zero-order valence-corrected chi connectivity index (χ0v) is 12.0. The molecule has 3 nitrogen and oxygen atoms in total. The minimum Gasteiger partial charge on any atom is -0.457 e. The Balaban J connectivity index is 2.07. The van der Waals surface area contributed by atoms with Gasteiger partial charge in [0, 0.05) is 18.1 Å². The number of ether oxygens (including phenoxy) is 1. The molecule has 1 aliphatic carbocycles.